The second-order valence-electron chi connectivity index (χ2n) is 7.01. The van der Waals surface area contributed by atoms with Gasteiger partial charge in [0.2, 0.25) is 5.91 Å². The van der Waals surface area contributed by atoms with E-state index in [-0.39, 0.29) is 30.0 Å². The lowest BCUT2D eigenvalue weighted by molar-refractivity contribution is -0.118. The lowest BCUT2D eigenvalue weighted by Crippen LogP contribution is -2.37. The van der Waals surface area contributed by atoms with Crippen molar-refractivity contribution < 1.29 is 14.4 Å². The van der Waals surface area contributed by atoms with Gasteiger partial charge in [0.05, 0.1) is 12.1 Å². The maximum atomic E-state index is 12.9. The highest BCUT2D eigenvalue weighted by molar-refractivity contribution is 7.17. The molecule has 2 aromatic rings. The molecular weight excluding hydrogens is 392 g/mol. The summed E-state index contributed by atoms with van der Waals surface area (Å²) < 4.78 is 0. The Morgan fingerprint density at radius 3 is 2.69 bits per heavy atom. The van der Waals surface area contributed by atoms with Crippen LogP contribution in [-0.2, 0) is 17.8 Å². The monoisotopic (exact) mass is 414 g/mol. The van der Waals surface area contributed by atoms with Crippen LogP contribution in [0.1, 0.15) is 38.2 Å². The third-order valence-corrected chi connectivity index (χ3v) is 6.51. The van der Waals surface area contributed by atoms with Crippen molar-refractivity contribution in [3.8, 4) is 0 Å². The molecule has 0 spiro atoms. The first-order valence-electron chi connectivity index (χ1n) is 9.45. The van der Waals surface area contributed by atoms with E-state index in [4.69, 9.17) is 0 Å². The summed E-state index contributed by atoms with van der Waals surface area (Å²) in [7, 11) is 3.22. The standard InChI is InChI=1S/C19H22N6O3S/c1-4-25-15(26)10-23(3)18(28)16-11-7-8-24(9-13(11)29-19(16)25)14-6-5-12(21-22-14)17(27)20-2/h5-6H,4,7-10H2,1-3H3,(H,20,27). The van der Waals surface area contributed by atoms with Crippen molar-refractivity contribution >= 4 is 39.9 Å². The molecule has 152 valence electrons. The van der Waals surface area contributed by atoms with Crippen molar-refractivity contribution in [2.75, 3.05) is 43.5 Å². The number of thiophene rings is 1. The number of carbonyl (C=O) groups is 3. The van der Waals surface area contributed by atoms with E-state index in [1.54, 1.807) is 31.1 Å². The van der Waals surface area contributed by atoms with Crippen LogP contribution in [0.4, 0.5) is 10.8 Å². The first kappa shape index (κ1) is 19.3. The van der Waals surface area contributed by atoms with E-state index in [2.05, 4.69) is 20.4 Å². The summed E-state index contributed by atoms with van der Waals surface area (Å²) in [6, 6.07) is 3.43. The number of nitrogens with zero attached hydrogens (tertiary/aromatic N) is 5. The van der Waals surface area contributed by atoms with Crippen molar-refractivity contribution in [2.24, 2.45) is 0 Å². The number of aromatic nitrogens is 2. The number of carbonyl (C=O) groups excluding carboxylic acids is 3. The molecule has 1 N–H and O–H groups in total. The summed E-state index contributed by atoms with van der Waals surface area (Å²) in [6.07, 6.45) is 0.686. The maximum absolute atomic E-state index is 12.9. The van der Waals surface area contributed by atoms with Crippen LogP contribution in [0.5, 0.6) is 0 Å². The summed E-state index contributed by atoms with van der Waals surface area (Å²) in [6.45, 7) is 3.82. The Labute approximate surface area is 172 Å². The molecule has 4 heterocycles. The van der Waals surface area contributed by atoms with E-state index in [1.165, 1.54) is 16.2 Å². The molecule has 0 radical (unpaired) electrons. The second kappa shape index (κ2) is 7.43. The zero-order valence-electron chi connectivity index (χ0n) is 16.6. The van der Waals surface area contributed by atoms with E-state index < -0.39 is 0 Å². The molecule has 2 aliphatic heterocycles. The predicted molar refractivity (Wildman–Crippen MR) is 109 cm³/mol. The van der Waals surface area contributed by atoms with Crippen LogP contribution in [0.15, 0.2) is 12.1 Å². The van der Waals surface area contributed by atoms with E-state index in [0.717, 1.165) is 15.4 Å². The zero-order valence-corrected chi connectivity index (χ0v) is 17.4. The molecule has 0 aliphatic carbocycles. The lowest BCUT2D eigenvalue weighted by atomic mass is 10.0. The van der Waals surface area contributed by atoms with Gasteiger partial charge in [-0.25, -0.2) is 0 Å². The first-order valence-corrected chi connectivity index (χ1v) is 10.3. The molecule has 2 aliphatic rings. The molecule has 0 fully saturated rings. The number of nitrogens with one attached hydrogen (secondary N) is 1. The minimum absolute atomic E-state index is 0.0618. The third kappa shape index (κ3) is 3.23. The average molecular weight is 414 g/mol. The first-order chi connectivity index (χ1) is 13.9. The largest absolute Gasteiger partial charge is 0.354 e. The summed E-state index contributed by atoms with van der Waals surface area (Å²) in [5.41, 5.74) is 1.96. The van der Waals surface area contributed by atoms with Gasteiger partial charge >= 0.3 is 0 Å². The van der Waals surface area contributed by atoms with Gasteiger partial charge in [-0.3, -0.25) is 14.4 Å². The van der Waals surface area contributed by atoms with Crippen molar-refractivity contribution in [1.29, 1.82) is 0 Å². The number of likely N-dealkylation sites (N-methyl/N-ethyl adjacent to an activating group) is 2. The topological polar surface area (TPSA) is 98.7 Å². The lowest BCUT2D eigenvalue weighted by Gasteiger charge is -2.28. The SMILES string of the molecule is CCN1C(=O)CN(C)C(=O)c2c1sc1c2CCN(c2ccc(C(=O)NC)nn2)C1. The number of fused-ring (bicyclic) bond motifs is 3. The van der Waals surface area contributed by atoms with Crippen LogP contribution in [0.25, 0.3) is 0 Å². The normalized spacial score (nSPS) is 16.4. The van der Waals surface area contributed by atoms with Gasteiger partial charge in [-0.2, -0.15) is 0 Å². The van der Waals surface area contributed by atoms with E-state index in [0.29, 0.717) is 37.4 Å². The van der Waals surface area contributed by atoms with Crippen LogP contribution >= 0.6 is 11.3 Å². The Hall–Kier alpha value is -3.01. The quantitative estimate of drug-likeness (QED) is 0.801. The molecular formula is C19H22N6O3S. The molecule has 0 unspecified atom stereocenters. The fraction of sp³-hybridized carbons (Fsp3) is 0.421. The molecule has 0 saturated carbocycles. The Bertz CT molecular complexity index is 987. The number of hydrogen-bond acceptors (Lipinski definition) is 7. The fourth-order valence-corrected chi connectivity index (χ4v) is 5.16. The van der Waals surface area contributed by atoms with Gasteiger partial charge in [-0.15, -0.1) is 21.5 Å². The van der Waals surface area contributed by atoms with Crippen LogP contribution in [-0.4, -0.2) is 66.5 Å². The predicted octanol–water partition coefficient (Wildman–Crippen LogP) is 0.899. The average Bonchev–Trinajstić information content (AvgIpc) is 3.07. The van der Waals surface area contributed by atoms with Gasteiger partial charge in [-0.05, 0) is 31.0 Å². The fourth-order valence-electron chi connectivity index (χ4n) is 3.72. The minimum atomic E-state index is -0.279. The molecule has 0 saturated heterocycles. The highest BCUT2D eigenvalue weighted by Crippen LogP contribution is 2.41. The molecule has 3 amide bonds. The van der Waals surface area contributed by atoms with Gasteiger partial charge in [0.15, 0.2) is 11.5 Å². The second-order valence-corrected chi connectivity index (χ2v) is 8.09. The number of rotatable bonds is 3. The summed E-state index contributed by atoms with van der Waals surface area (Å²) in [5.74, 6) is 0.246. The van der Waals surface area contributed by atoms with Crippen LogP contribution in [0.2, 0.25) is 0 Å². The van der Waals surface area contributed by atoms with Crippen molar-refractivity contribution in [2.45, 2.75) is 19.9 Å². The highest BCUT2D eigenvalue weighted by Gasteiger charge is 2.36. The van der Waals surface area contributed by atoms with E-state index in [9.17, 15) is 14.4 Å². The van der Waals surface area contributed by atoms with Gasteiger partial charge in [0.25, 0.3) is 11.8 Å². The molecule has 0 atom stereocenters. The number of anilines is 2. The zero-order chi connectivity index (χ0) is 20.7. The van der Waals surface area contributed by atoms with Gasteiger partial charge in [0.1, 0.15) is 11.5 Å². The molecule has 2 aromatic heterocycles. The smallest absolute Gasteiger partial charge is 0.271 e. The van der Waals surface area contributed by atoms with Crippen LogP contribution in [0.3, 0.4) is 0 Å². The Morgan fingerprint density at radius 1 is 1.24 bits per heavy atom. The van der Waals surface area contributed by atoms with Gasteiger partial charge in [0, 0.05) is 32.1 Å². The van der Waals surface area contributed by atoms with Crippen molar-refractivity contribution in [3.05, 3.63) is 33.8 Å². The molecule has 4 rings (SSSR count). The minimum Gasteiger partial charge on any atom is -0.354 e. The highest BCUT2D eigenvalue weighted by atomic mass is 32.1. The summed E-state index contributed by atoms with van der Waals surface area (Å²) in [5, 5.41) is 11.5. The van der Waals surface area contributed by atoms with E-state index in [1.807, 2.05) is 6.92 Å². The van der Waals surface area contributed by atoms with Crippen LogP contribution < -0.4 is 15.1 Å². The van der Waals surface area contributed by atoms with Crippen molar-refractivity contribution in [3.63, 3.8) is 0 Å². The molecule has 0 bridgehead atoms. The Balaban J connectivity index is 1.66. The molecule has 9 nitrogen and oxygen atoms in total. The molecule has 29 heavy (non-hydrogen) atoms. The third-order valence-electron chi connectivity index (χ3n) is 5.27. The van der Waals surface area contributed by atoms with Crippen LogP contribution in [0, 0.1) is 0 Å². The Kier molecular flexibility index (Phi) is 4.95. The summed E-state index contributed by atoms with van der Waals surface area (Å²) >= 11 is 1.51. The molecule has 10 heteroatoms. The maximum Gasteiger partial charge on any atom is 0.271 e. The Morgan fingerprint density at radius 2 is 2.03 bits per heavy atom. The van der Waals surface area contributed by atoms with Gasteiger partial charge < -0.3 is 20.0 Å². The summed E-state index contributed by atoms with van der Waals surface area (Å²) in [4.78, 5) is 43.5. The number of amides is 3. The van der Waals surface area contributed by atoms with Gasteiger partial charge in [-0.1, -0.05) is 0 Å². The number of hydrogen-bond donors (Lipinski definition) is 1. The van der Waals surface area contributed by atoms with Crippen molar-refractivity contribution in [1.82, 2.24) is 20.4 Å². The molecule has 0 aromatic carbocycles. The van der Waals surface area contributed by atoms with E-state index >= 15 is 0 Å².